The van der Waals surface area contributed by atoms with Gasteiger partial charge in [0.1, 0.15) is 0 Å². The Hall–Kier alpha value is -1.75. The van der Waals surface area contributed by atoms with Crippen molar-refractivity contribution in [3.63, 3.8) is 0 Å². The summed E-state index contributed by atoms with van der Waals surface area (Å²) >= 11 is 0. The smallest absolute Gasteiger partial charge is 0.270 e. The molecule has 1 aromatic rings. The molecular formula is C16H23NO4. The number of likely N-dealkylation sites (N-methyl/N-ethyl adjacent to an activating group) is 1. The summed E-state index contributed by atoms with van der Waals surface area (Å²) in [4.78, 5) is 14.1. The van der Waals surface area contributed by atoms with Gasteiger partial charge in [-0.25, -0.2) is 0 Å². The number of nitrogens with zero attached hydrogens (tertiary/aromatic N) is 1. The van der Waals surface area contributed by atoms with Crippen LogP contribution >= 0.6 is 0 Å². The van der Waals surface area contributed by atoms with E-state index in [1.807, 2.05) is 13.8 Å². The number of anilines is 1. The van der Waals surface area contributed by atoms with Gasteiger partial charge in [0.15, 0.2) is 17.1 Å². The maximum absolute atomic E-state index is 12.5. The molecule has 1 N–H and O–H groups in total. The van der Waals surface area contributed by atoms with Crippen molar-refractivity contribution in [2.45, 2.75) is 46.3 Å². The molecule has 0 saturated carbocycles. The lowest BCUT2D eigenvalue weighted by Crippen LogP contribution is -2.52. The van der Waals surface area contributed by atoms with E-state index in [4.69, 9.17) is 9.47 Å². The summed E-state index contributed by atoms with van der Waals surface area (Å²) in [6.07, 6.45) is 0.873. The molecule has 0 fully saturated rings. The van der Waals surface area contributed by atoms with Gasteiger partial charge in [0.05, 0.1) is 18.9 Å². The summed E-state index contributed by atoms with van der Waals surface area (Å²) in [5.74, 6) is 1.07. The SMILES string of the molecule is CCCOc1cc(CO)cc2c1OC(C)(C)C(=O)N2CC. The molecule has 1 heterocycles. The minimum Gasteiger partial charge on any atom is -0.490 e. The molecule has 5 heteroatoms. The molecule has 0 unspecified atom stereocenters. The van der Waals surface area contributed by atoms with E-state index in [9.17, 15) is 9.90 Å². The van der Waals surface area contributed by atoms with E-state index in [0.29, 0.717) is 35.9 Å². The molecule has 1 aromatic carbocycles. The summed E-state index contributed by atoms with van der Waals surface area (Å²) in [7, 11) is 0. The second-order valence-electron chi connectivity index (χ2n) is 5.61. The number of benzene rings is 1. The van der Waals surface area contributed by atoms with Crippen LogP contribution in [0.5, 0.6) is 11.5 Å². The summed E-state index contributed by atoms with van der Waals surface area (Å²) < 4.78 is 11.6. The van der Waals surface area contributed by atoms with Gasteiger partial charge >= 0.3 is 0 Å². The highest BCUT2D eigenvalue weighted by molar-refractivity contribution is 6.03. The number of carbonyl (C=O) groups excluding carboxylic acids is 1. The van der Waals surface area contributed by atoms with Gasteiger partial charge in [-0.3, -0.25) is 4.79 Å². The van der Waals surface area contributed by atoms with Gasteiger partial charge in [-0.1, -0.05) is 6.92 Å². The van der Waals surface area contributed by atoms with Crippen molar-refractivity contribution < 1.29 is 19.4 Å². The summed E-state index contributed by atoms with van der Waals surface area (Å²) in [6.45, 7) is 8.45. The molecule has 2 rings (SSSR count). The fourth-order valence-electron chi connectivity index (χ4n) is 2.40. The van der Waals surface area contributed by atoms with Crippen LogP contribution in [0, 0.1) is 0 Å². The Morgan fingerprint density at radius 1 is 1.33 bits per heavy atom. The maximum atomic E-state index is 12.5. The van der Waals surface area contributed by atoms with Gasteiger partial charge < -0.3 is 19.5 Å². The zero-order valence-corrected chi connectivity index (χ0v) is 13.1. The fourth-order valence-corrected chi connectivity index (χ4v) is 2.40. The summed E-state index contributed by atoms with van der Waals surface area (Å²) in [5, 5.41) is 9.42. The average Bonchev–Trinajstić information content (AvgIpc) is 2.46. The molecule has 1 aliphatic rings. The van der Waals surface area contributed by atoms with Crippen molar-refractivity contribution in [2.75, 3.05) is 18.1 Å². The third-order valence-corrected chi connectivity index (χ3v) is 3.46. The number of hydrogen-bond donors (Lipinski definition) is 1. The Kier molecular flexibility index (Phi) is 4.42. The first-order valence-corrected chi connectivity index (χ1v) is 7.36. The number of ether oxygens (including phenoxy) is 2. The summed E-state index contributed by atoms with van der Waals surface area (Å²) in [5.41, 5.74) is 0.447. The third kappa shape index (κ3) is 2.83. The number of carbonyl (C=O) groups is 1. The number of rotatable bonds is 5. The van der Waals surface area contributed by atoms with Crippen molar-refractivity contribution in [1.29, 1.82) is 0 Å². The van der Waals surface area contributed by atoms with Crippen LogP contribution in [0.4, 0.5) is 5.69 Å². The van der Waals surface area contributed by atoms with E-state index in [-0.39, 0.29) is 12.5 Å². The predicted molar refractivity (Wildman–Crippen MR) is 80.9 cm³/mol. The molecule has 0 aromatic heterocycles. The maximum Gasteiger partial charge on any atom is 0.270 e. The van der Waals surface area contributed by atoms with Gasteiger partial charge in [0, 0.05) is 6.54 Å². The van der Waals surface area contributed by atoms with Gasteiger partial charge in [0.2, 0.25) is 0 Å². The molecule has 21 heavy (non-hydrogen) atoms. The van der Waals surface area contributed by atoms with E-state index in [1.54, 1.807) is 30.9 Å². The molecule has 1 aliphatic heterocycles. The Labute approximate surface area is 125 Å². The van der Waals surface area contributed by atoms with Crippen LogP contribution in [0.15, 0.2) is 12.1 Å². The summed E-state index contributed by atoms with van der Waals surface area (Å²) in [6, 6.07) is 3.55. The Balaban J connectivity index is 2.56. The van der Waals surface area contributed by atoms with Crippen LogP contribution in [0.3, 0.4) is 0 Å². The highest BCUT2D eigenvalue weighted by Gasteiger charge is 2.41. The molecule has 0 saturated heterocycles. The zero-order valence-electron chi connectivity index (χ0n) is 13.1. The largest absolute Gasteiger partial charge is 0.490 e. The van der Waals surface area contributed by atoms with Crippen LogP contribution in [0.25, 0.3) is 0 Å². The number of aliphatic hydroxyl groups excluding tert-OH is 1. The van der Waals surface area contributed by atoms with E-state index < -0.39 is 5.60 Å². The molecule has 0 radical (unpaired) electrons. The van der Waals surface area contributed by atoms with Crippen molar-refractivity contribution in [3.8, 4) is 11.5 Å². The van der Waals surface area contributed by atoms with Crippen LogP contribution in [0.1, 0.15) is 39.7 Å². The lowest BCUT2D eigenvalue weighted by molar-refractivity contribution is -0.132. The average molecular weight is 293 g/mol. The standard InChI is InChI=1S/C16H23NO4/c1-5-7-20-13-9-11(10-18)8-12-14(13)21-16(3,4)15(19)17(12)6-2/h8-9,18H,5-7,10H2,1-4H3. The molecule has 116 valence electrons. The second kappa shape index (κ2) is 5.93. The number of aliphatic hydroxyl groups is 1. The number of amides is 1. The van der Waals surface area contributed by atoms with E-state index >= 15 is 0 Å². The molecule has 0 atom stereocenters. The van der Waals surface area contributed by atoms with Crippen molar-refractivity contribution in [1.82, 2.24) is 0 Å². The van der Waals surface area contributed by atoms with Crippen molar-refractivity contribution in [3.05, 3.63) is 17.7 Å². The third-order valence-electron chi connectivity index (χ3n) is 3.46. The van der Waals surface area contributed by atoms with Crippen molar-refractivity contribution >= 4 is 11.6 Å². The normalized spacial score (nSPS) is 16.4. The fraction of sp³-hybridized carbons (Fsp3) is 0.562. The van der Waals surface area contributed by atoms with Gasteiger partial charge in [-0.05, 0) is 44.9 Å². The van der Waals surface area contributed by atoms with Gasteiger partial charge in [0.25, 0.3) is 5.91 Å². The molecule has 0 spiro atoms. The highest BCUT2D eigenvalue weighted by Crippen LogP contribution is 2.45. The Bertz CT molecular complexity index is 539. The van der Waals surface area contributed by atoms with E-state index in [0.717, 1.165) is 6.42 Å². The lowest BCUT2D eigenvalue weighted by Gasteiger charge is -2.39. The molecule has 5 nitrogen and oxygen atoms in total. The quantitative estimate of drug-likeness (QED) is 0.906. The first kappa shape index (κ1) is 15.6. The van der Waals surface area contributed by atoms with Crippen LogP contribution in [-0.4, -0.2) is 29.8 Å². The zero-order chi connectivity index (χ0) is 15.6. The topological polar surface area (TPSA) is 59.0 Å². The van der Waals surface area contributed by atoms with Crippen LogP contribution < -0.4 is 14.4 Å². The second-order valence-corrected chi connectivity index (χ2v) is 5.61. The van der Waals surface area contributed by atoms with Gasteiger partial charge in [-0.2, -0.15) is 0 Å². The predicted octanol–water partition coefficient (Wildman–Crippen LogP) is 2.49. The lowest BCUT2D eigenvalue weighted by atomic mass is 10.0. The van der Waals surface area contributed by atoms with E-state index in [1.165, 1.54) is 0 Å². The van der Waals surface area contributed by atoms with Crippen LogP contribution in [-0.2, 0) is 11.4 Å². The molecule has 0 aliphatic carbocycles. The number of hydrogen-bond acceptors (Lipinski definition) is 4. The minimum atomic E-state index is -0.923. The first-order chi connectivity index (χ1) is 9.94. The minimum absolute atomic E-state index is 0.0889. The molecular weight excluding hydrogens is 270 g/mol. The molecule has 0 bridgehead atoms. The monoisotopic (exact) mass is 293 g/mol. The first-order valence-electron chi connectivity index (χ1n) is 7.36. The van der Waals surface area contributed by atoms with Crippen molar-refractivity contribution in [2.24, 2.45) is 0 Å². The molecule has 1 amide bonds. The van der Waals surface area contributed by atoms with Crippen LogP contribution in [0.2, 0.25) is 0 Å². The Morgan fingerprint density at radius 2 is 2.05 bits per heavy atom. The Morgan fingerprint density at radius 3 is 2.62 bits per heavy atom. The van der Waals surface area contributed by atoms with E-state index in [2.05, 4.69) is 0 Å². The number of fused-ring (bicyclic) bond motifs is 1. The highest BCUT2D eigenvalue weighted by atomic mass is 16.5. The van der Waals surface area contributed by atoms with Gasteiger partial charge in [-0.15, -0.1) is 0 Å².